The van der Waals surface area contributed by atoms with E-state index in [0.29, 0.717) is 15.4 Å². The minimum absolute atomic E-state index is 0.196. The van der Waals surface area contributed by atoms with Gasteiger partial charge in [0, 0.05) is 5.56 Å². The Hall–Kier alpha value is -2.31. The molecule has 3 aromatic rings. The quantitative estimate of drug-likeness (QED) is 0.514. The lowest BCUT2D eigenvalue weighted by atomic mass is 10.2. The summed E-state index contributed by atoms with van der Waals surface area (Å²) in [4.78, 5) is 29.5. The number of hydrogen-bond donors (Lipinski definition) is 0. The van der Waals surface area contributed by atoms with Gasteiger partial charge in [-0.1, -0.05) is 36.4 Å². The van der Waals surface area contributed by atoms with Gasteiger partial charge in [-0.15, -0.1) is 22.7 Å². The third-order valence-electron chi connectivity index (χ3n) is 3.13. The summed E-state index contributed by atoms with van der Waals surface area (Å²) < 4.78 is 5.13. The molecule has 0 bridgehead atoms. The van der Waals surface area contributed by atoms with E-state index in [-0.39, 0.29) is 12.4 Å². The van der Waals surface area contributed by atoms with Gasteiger partial charge in [0.1, 0.15) is 9.88 Å². The first-order chi connectivity index (χ1) is 11.1. The number of thiophene rings is 1. The Kier molecular flexibility index (Phi) is 4.64. The highest BCUT2D eigenvalue weighted by atomic mass is 32.1. The molecule has 0 saturated heterocycles. The molecule has 0 aliphatic heterocycles. The van der Waals surface area contributed by atoms with Gasteiger partial charge in [-0.3, -0.25) is 4.79 Å². The molecule has 116 valence electrons. The number of rotatable bonds is 5. The smallest absolute Gasteiger partial charge is 0.350 e. The fourth-order valence-corrected chi connectivity index (χ4v) is 3.61. The standard InChI is InChI=1S/C17H13NO3S2/c1-11-15(23-16(18-11)12-6-3-2-4-7-12)17(20)21-10-13(19)14-8-5-9-22-14/h2-9H,10H2,1H3. The van der Waals surface area contributed by atoms with Crippen molar-refractivity contribution in [3.8, 4) is 10.6 Å². The van der Waals surface area contributed by atoms with Crippen LogP contribution in [0.2, 0.25) is 0 Å². The molecular weight excluding hydrogens is 330 g/mol. The number of Topliss-reactive ketones (excluding diaryl/α,β-unsaturated/α-hetero) is 1. The highest BCUT2D eigenvalue weighted by Crippen LogP contribution is 2.28. The molecule has 0 saturated carbocycles. The Labute approximate surface area is 141 Å². The second-order valence-electron chi connectivity index (χ2n) is 4.78. The van der Waals surface area contributed by atoms with Crippen LogP contribution in [0.3, 0.4) is 0 Å². The molecule has 0 spiro atoms. The predicted octanol–water partition coefficient (Wildman–Crippen LogP) is 4.22. The average molecular weight is 343 g/mol. The zero-order valence-electron chi connectivity index (χ0n) is 12.3. The fraction of sp³-hybridized carbons (Fsp3) is 0.118. The molecule has 1 aromatic carbocycles. The van der Waals surface area contributed by atoms with E-state index in [1.807, 2.05) is 35.7 Å². The van der Waals surface area contributed by atoms with Crippen LogP contribution in [0.25, 0.3) is 10.6 Å². The number of hydrogen-bond acceptors (Lipinski definition) is 6. The predicted molar refractivity (Wildman–Crippen MR) is 91.2 cm³/mol. The normalized spacial score (nSPS) is 10.5. The van der Waals surface area contributed by atoms with Crippen LogP contribution in [0.1, 0.15) is 25.0 Å². The minimum Gasteiger partial charge on any atom is -0.453 e. The molecule has 0 unspecified atom stereocenters. The first-order valence-corrected chi connectivity index (χ1v) is 8.61. The SMILES string of the molecule is Cc1nc(-c2ccccc2)sc1C(=O)OCC(=O)c1cccs1. The van der Waals surface area contributed by atoms with Crippen molar-refractivity contribution >= 4 is 34.4 Å². The van der Waals surface area contributed by atoms with Gasteiger partial charge in [0.2, 0.25) is 5.78 Å². The van der Waals surface area contributed by atoms with Crippen LogP contribution < -0.4 is 0 Å². The van der Waals surface area contributed by atoms with E-state index in [9.17, 15) is 9.59 Å². The van der Waals surface area contributed by atoms with Crippen molar-refractivity contribution in [3.05, 3.63) is 63.3 Å². The molecule has 0 atom stereocenters. The molecule has 0 amide bonds. The Morgan fingerprint density at radius 1 is 1.13 bits per heavy atom. The van der Waals surface area contributed by atoms with Crippen molar-refractivity contribution < 1.29 is 14.3 Å². The molecule has 2 aromatic heterocycles. The lowest BCUT2D eigenvalue weighted by Crippen LogP contribution is -2.13. The highest BCUT2D eigenvalue weighted by molar-refractivity contribution is 7.17. The number of ether oxygens (including phenoxy) is 1. The zero-order chi connectivity index (χ0) is 16.2. The number of aryl methyl sites for hydroxylation is 1. The second kappa shape index (κ2) is 6.85. The topological polar surface area (TPSA) is 56.3 Å². The van der Waals surface area contributed by atoms with Crippen molar-refractivity contribution in [1.82, 2.24) is 4.98 Å². The van der Waals surface area contributed by atoms with E-state index in [4.69, 9.17) is 4.74 Å². The van der Waals surface area contributed by atoms with Crippen LogP contribution in [0, 0.1) is 6.92 Å². The molecule has 6 heteroatoms. The summed E-state index contributed by atoms with van der Waals surface area (Å²) in [6.45, 7) is 1.51. The van der Waals surface area contributed by atoms with Crippen molar-refractivity contribution in [2.24, 2.45) is 0 Å². The van der Waals surface area contributed by atoms with Crippen LogP contribution in [0.5, 0.6) is 0 Å². The molecule has 0 fully saturated rings. The molecule has 0 aliphatic rings. The van der Waals surface area contributed by atoms with Crippen molar-refractivity contribution in [2.45, 2.75) is 6.92 Å². The number of thiazole rings is 1. The maximum absolute atomic E-state index is 12.2. The summed E-state index contributed by atoms with van der Waals surface area (Å²) in [7, 11) is 0. The molecule has 23 heavy (non-hydrogen) atoms. The Balaban J connectivity index is 1.70. The van der Waals surface area contributed by atoms with Gasteiger partial charge in [0.05, 0.1) is 10.6 Å². The number of aromatic nitrogens is 1. The number of benzene rings is 1. The van der Waals surface area contributed by atoms with Gasteiger partial charge in [-0.05, 0) is 18.4 Å². The van der Waals surface area contributed by atoms with Crippen molar-refractivity contribution in [1.29, 1.82) is 0 Å². The maximum Gasteiger partial charge on any atom is 0.350 e. The summed E-state index contributed by atoms with van der Waals surface area (Å²) in [6, 6.07) is 13.1. The molecule has 4 nitrogen and oxygen atoms in total. The Bertz CT molecular complexity index is 823. The number of esters is 1. The minimum atomic E-state index is -0.507. The lowest BCUT2D eigenvalue weighted by molar-refractivity contribution is 0.0479. The zero-order valence-corrected chi connectivity index (χ0v) is 13.9. The van der Waals surface area contributed by atoms with E-state index in [1.54, 1.807) is 19.1 Å². The van der Waals surface area contributed by atoms with E-state index < -0.39 is 5.97 Å². The van der Waals surface area contributed by atoms with Crippen molar-refractivity contribution in [3.63, 3.8) is 0 Å². The monoisotopic (exact) mass is 343 g/mol. The Morgan fingerprint density at radius 2 is 1.91 bits per heavy atom. The van der Waals surface area contributed by atoms with Gasteiger partial charge in [0.25, 0.3) is 0 Å². The molecule has 0 N–H and O–H groups in total. The maximum atomic E-state index is 12.2. The lowest BCUT2D eigenvalue weighted by Gasteiger charge is -2.01. The summed E-state index contributed by atoms with van der Waals surface area (Å²) in [5, 5.41) is 2.58. The largest absolute Gasteiger partial charge is 0.453 e. The first-order valence-electron chi connectivity index (χ1n) is 6.92. The number of carbonyl (C=O) groups is 2. The molecule has 0 radical (unpaired) electrons. The van der Waals surface area contributed by atoms with E-state index >= 15 is 0 Å². The van der Waals surface area contributed by atoms with Gasteiger partial charge in [0.15, 0.2) is 6.61 Å². The Morgan fingerprint density at radius 3 is 2.61 bits per heavy atom. The highest BCUT2D eigenvalue weighted by Gasteiger charge is 2.19. The van der Waals surface area contributed by atoms with Gasteiger partial charge in [-0.2, -0.15) is 0 Å². The molecule has 3 rings (SSSR count). The third kappa shape index (κ3) is 3.55. The van der Waals surface area contributed by atoms with Crippen LogP contribution in [-0.4, -0.2) is 23.3 Å². The second-order valence-corrected chi connectivity index (χ2v) is 6.72. The van der Waals surface area contributed by atoms with Crippen LogP contribution >= 0.6 is 22.7 Å². The summed E-state index contributed by atoms with van der Waals surface area (Å²) in [6.07, 6.45) is 0. The molecule has 0 aliphatic carbocycles. The van der Waals surface area contributed by atoms with Crippen LogP contribution in [0.4, 0.5) is 0 Å². The average Bonchev–Trinajstić information content (AvgIpc) is 3.23. The summed E-state index contributed by atoms with van der Waals surface area (Å²) >= 11 is 2.61. The van der Waals surface area contributed by atoms with Crippen LogP contribution in [0.15, 0.2) is 47.8 Å². The fourth-order valence-electron chi connectivity index (χ4n) is 2.00. The van der Waals surface area contributed by atoms with Crippen LogP contribution in [-0.2, 0) is 4.74 Å². The summed E-state index contributed by atoms with van der Waals surface area (Å²) in [5.74, 6) is -0.703. The summed E-state index contributed by atoms with van der Waals surface area (Å²) in [5.41, 5.74) is 1.57. The number of carbonyl (C=O) groups excluding carboxylic acids is 2. The van der Waals surface area contributed by atoms with Gasteiger partial charge in [-0.25, -0.2) is 9.78 Å². The van der Waals surface area contributed by atoms with Gasteiger partial charge >= 0.3 is 5.97 Å². The van der Waals surface area contributed by atoms with Crippen molar-refractivity contribution in [2.75, 3.05) is 6.61 Å². The van der Waals surface area contributed by atoms with E-state index in [2.05, 4.69) is 4.98 Å². The first kappa shape index (κ1) is 15.6. The van der Waals surface area contributed by atoms with E-state index in [1.165, 1.54) is 22.7 Å². The van der Waals surface area contributed by atoms with Gasteiger partial charge < -0.3 is 4.74 Å². The third-order valence-corrected chi connectivity index (χ3v) is 5.23. The molecular formula is C17H13NO3S2. The number of ketones is 1. The number of nitrogens with zero attached hydrogens (tertiary/aromatic N) is 1. The van der Waals surface area contributed by atoms with E-state index in [0.717, 1.165) is 10.6 Å². The molecule has 2 heterocycles.